The number of aromatic amines is 1. The van der Waals surface area contributed by atoms with Crippen LogP contribution in [-0.4, -0.2) is 17.3 Å². The Balaban J connectivity index is 2.02. The van der Waals surface area contributed by atoms with Gasteiger partial charge in [0.05, 0.1) is 18.5 Å². The average molecular weight is 250 g/mol. The molecule has 1 heterocycles. The molecule has 0 fully saturated rings. The zero-order valence-electron chi connectivity index (χ0n) is 10.6. The van der Waals surface area contributed by atoms with Gasteiger partial charge in [0.2, 0.25) is 0 Å². The van der Waals surface area contributed by atoms with Crippen molar-refractivity contribution in [2.45, 2.75) is 0 Å². The number of rotatable bonds is 3. The predicted octanol–water partition coefficient (Wildman–Crippen LogP) is 3.75. The fraction of sp³-hybridized carbons (Fsp3) is 0.0625. The van der Waals surface area contributed by atoms with Crippen molar-refractivity contribution in [1.82, 2.24) is 10.2 Å². The molecule has 0 aliphatic heterocycles. The maximum Gasteiger partial charge on any atom is 0.128 e. The zero-order valence-corrected chi connectivity index (χ0v) is 10.6. The Morgan fingerprint density at radius 1 is 0.947 bits per heavy atom. The third-order valence-electron chi connectivity index (χ3n) is 3.04. The van der Waals surface area contributed by atoms with Crippen LogP contribution in [0.3, 0.4) is 0 Å². The number of hydrogen-bond acceptors (Lipinski definition) is 2. The standard InChI is InChI=1S/C16H14N2O/c1-19-16-10-6-5-9-13(16)15-11-14(17-18-15)12-7-3-2-4-8-12/h2-11H,1H3,(H,17,18). The van der Waals surface area contributed by atoms with Gasteiger partial charge in [-0.3, -0.25) is 5.10 Å². The molecule has 0 atom stereocenters. The summed E-state index contributed by atoms with van der Waals surface area (Å²) in [5, 5.41) is 7.42. The first kappa shape index (κ1) is 11.5. The molecular weight excluding hydrogens is 236 g/mol. The van der Waals surface area contributed by atoms with E-state index < -0.39 is 0 Å². The first-order chi connectivity index (χ1) is 9.38. The molecule has 0 saturated carbocycles. The molecule has 0 radical (unpaired) electrons. The molecule has 3 rings (SSSR count). The van der Waals surface area contributed by atoms with Crippen LogP contribution in [-0.2, 0) is 0 Å². The van der Waals surface area contributed by atoms with Gasteiger partial charge in [0.25, 0.3) is 0 Å². The fourth-order valence-corrected chi connectivity index (χ4v) is 2.08. The molecule has 0 aliphatic rings. The van der Waals surface area contributed by atoms with Gasteiger partial charge in [0.15, 0.2) is 0 Å². The summed E-state index contributed by atoms with van der Waals surface area (Å²) in [6.07, 6.45) is 0. The number of benzene rings is 2. The Morgan fingerprint density at radius 2 is 1.68 bits per heavy atom. The van der Waals surface area contributed by atoms with Gasteiger partial charge in [-0.15, -0.1) is 0 Å². The molecular formula is C16H14N2O. The molecule has 1 aromatic heterocycles. The number of methoxy groups -OCH3 is 1. The molecule has 0 amide bonds. The average Bonchev–Trinajstić information content (AvgIpc) is 2.98. The molecule has 94 valence electrons. The molecule has 19 heavy (non-hydrogen) atoms. The lowest BCUT2D eigenvalue weighted by Crippen LogP contribution is -1.87. The van der Waals surface area contributed by atoms with E-state index in [9.17, 15) is 0 Å². The van der Waals surface area contributed by atoms with E-state index in [4.69, 9.17) is 4.74 Å². The van der Waals surface area contributed by atoms with Crippen molar-refractivity contribution in [3.05, 3.63) is 60.7 Å². The Morgan fingerprint density at radius 3 is 2.47 bits per heavy atom. The lowest BCUT2D eigenvalue weighted by Gasteiger charge is -2.05. The van der Waals surface area contributed by atoms with Crippen LogP contribution in [0.2, 0.25) is 0 Å². The van der Waals surface area contributed by atoms with Crippen molar-refractivity contribution in [2.24, 2.45) is 0 Å². The summed E-state index contributed by atoms with van der Waals surface area (Å²) in [7, 11) is 1.67. The van der Waals surface area contributed by atoms with E-state index in [1.165, 1.54) is 0 Å². The van der Waals surface area contributed by atoms with Gasteiger partial charge in [0, 0.05) is 11.1 Å². The zero-order chi connectivity index (χ0) is 13.1. The van der Waals surface area contributed by atoms with Gasteiger partial charge >= 0.3 is 0 Å². The Bertz CT molecular complexity index is 674. The quantitative estimate of drug-likeness (QED) is 0.768. The summed E-state index contributed by atoms with van der Waals surface area (Å²) in [4.78, 5) is 0. The number of aromatic nitrogens is 2. The number of H-pyrrole nitrogens is 1. The van der Waals surface area contributed by atoms with E-state index in [0.29, 0.717) is 0 Å². The second-order valence-electron chi connectivity index (χ2n) is 4.23. The Hall–Kier alpha value is -2.55. The first-order valence-electron chi connectivity index (χ1n) is 6.12. The van der Waals surface area contributed by atoms with Gasteiger partial charge < -0.3 is 4.74 Å². The van der Waals surface area contributed by atoms with Gasteiger partial charge in [-0.2, -0.15) is 5.10 Å². The molecule has 0 unspecified atom stereocenters. The van der Waals surface area contributed by atoms with E-state index >= 15 is 0 Å². The smallest absolute Gasteiger partial charge is 0.128 e. The predicted molar refractivity (Wildman–Crippen MR) is 76.0 cm³/mol. The van der Waals surface area contributed by atoms with Crippen LogP contribution >= 0.6 is 0 Å². The highest BCUT2D eigenvalue weighted by Crippen LogP contribution is 2.30. The summed E-state index contributed by atoms with van der Waals surface area (Å²) < 4.78 is 5.37. The SMILES string of the molecule is COc1ccccc1-c1cc(-c2ccccc2)n[nH]1. The van der Waals surface area contributed by atoms with Gasteiger partial charge in [-0.25, -0.2) is 0 Å². The minimum absolute atomic E-state index is 0.839. The molecule has 3 heteroatoms. The number of nitrogens with one attached hydrogen (secondary N) is 1. The second kappa shape index (κ2) is 4.98. The minimum Gasteiger partial charge on any atom is -0.496 e. The lowest BCUT2D eigenvalue weighted by molar-refractivity contribution is 0.416. The summed E-state index contributed by atoms with van der Waals surface area (Å²) in [6.45, 7) is 0. The Labute approximate surface area is 111 Å². The molecule has 0 bridgehead atoms. The highest BCUT2D eigenvalue weighted by molar-refractivity contribution is 5.72. The molecule has 2 aromatic carbocycles. The summed E-state index contributed by atoms with van der Waals surface area (Å²) in [6, 6.07) is 20.0. The molecule has 0 saturated heterocycles. The van der Waals surface area contributed by atoms with Crippen LogP contribution in [0, 0.1) is 0 Å². The van der Waals surface area contributed by atoms with Crippen molar-refractivity contribution in [1.29, 1.82) is 0 Å². The number of ether oxygens (including phenoxy) is 1. The van der Waals surface area contributed by atoms with E-state index in [1.54, 1.807) is 7.11 Å². The third-order valence-corrected chi connectivity index (χ3v) is 3.04. The number of para-hydroxylation sites is 1. The van der Waals surface area contributed by atoms with Crippen LogP contribution in [0.25, 0.3) is 22.5 Å². The van der Waals surface area contributed by atoms with Crippen molar-refractivity contribution < 1.29 is 4.74 Å². The highest BCUT2D eigenvalue weighted by Gasteiger charge is 2.09. The van der Waals surface area contributed by atoms with E-state index in [2.05, 4.69) is 10.2 Å². The van der Waals surface area contributed by atoms with Crippen LogP contribution < -0.4 is 4.74 Å². The number of hydrogen-bond donors (Lipinski definition) is 1. The molecule has 1 N–H and O–H groups in total. The van der Waals surface area contributed by atoms with Crippen LogP contribution in [0.4, 0.5) is 0 Å². The maximum atomic E-state index is 5.37. The number of nitrogens with zero attached hydrogens (tertiary/aromatic N) is 1. The van der Waals surface area contributed by atoms with Gasteiger partial charge in [-0.05, 0) is 18.2 Å². The van der Waals surface area contributed by atoms with Gasteiger partial charge in [-0.1, -0.05) is 42.5 Å². The van der Waals surface area contributed by atoms with Crippen molar-refractivity contribution in [3.8, 4) is 28.3 Å². The molecule has 3 nitrogen and oxygen atoms in total. The lowest BCUT2D eigenvalue weighted by atomic mass is 10.1. The summed E-state index contributed by atoms with van der Waals surface area (Å²) >= 11 is 0. The Kier molecular flexibility index (Phi) is 3.02. The summed E-state index contributed by atoms with van der Waals surface area (Å²) in [5.41, 5.74) is 4.00. The second-order valence-corrected chi connectivity index (χ2v) is 4.23. The largest absolute Gasteiger partial charge is 0.496 e. The third kappa shape index (κ3) is 2.22. The minimum atomic E-state index is 0.839. The van der Waals surface area contributed by atoms with E-state index in [1.807, 2.05) is 60.7 Å². The normalized spacial score (nSPS) is 10.4. The molecule has 0 spiro atoms. The van der Waals surface area contributed by atoms with Crippen LogP contribution in [0.15, 0.2) is 60.7 Å². The summed E-state index contributed by atoms with van der Waals surface area (Å²) in [5.74, 6) is 0.839. The van der Waals surface area contributed by atoms with Gasteiger partial charge in [0.1, 0.15) is 5.75 Å². The van der Waals surface area contributed by atoms with Crippen LogP contribution in [0.1, 0.15) is 0 Å². The fourth-order valence-electron chi connectivity index (χ4n) is 2.08. The van der Waals surface area contributed by atoms with E-state index in [0.717, 1.165) is 28.3 Å². The highest BCUT2D eigenvalue weighted by atomic mass is 16.5. The van der Waals surface area contributed by atoms with Crippen molar-refractivity contribution in [3.63, 3.8) is 0 Å². The van der Waals surface area contributed by atoms with Crippen molar-refractivity contribution >= 4 is 0 Å². The molecule has 3 aromatic rings. The van der Waals surface area contributed by atoms with E-state index in [-0.39, 0.29) is 0 Å². The monoisotopic (exact) mass is 250 g/mol. The van der Waals surface area contributed by atoms with Crippen LogP contribution in [0.5, 0.6) is 5.75 Å². The topological polar surface area (TPSA) is 37.9 Å². The maximum absolute atomic E-state index is 5.37. The van der Waals surface area contributed by atoms with Crippen molar-refractivity contribution in [2.75, 3.05) is 7.11 Å². The molecule has 0 aliphatic carbocycles. The first-order valence-corrected chi connectivity index (χ1v) is 6.12.